The number of hydrogen-bond acceptors (Lipinski definition) is 5. The number of nitrogen functional groups attached to an aromatic ring is 1. The molecule has 1 aromatic rings. The zero-order chi connectivity index (χ0) is 13.6. The summed E-state index contributed by atoms with van der Waals surface area (Å²) in [6.45, 7) is 0.323. The van der Waals surface area contributed by atoms with Gasteiger partial charge in [0.15, 0.2) is 0 Å². The molecule has 0 heterocycles. The summed E-state index contributed by atoms with van der Waals surface area (Å²) < 4.78 is 31.0. The predicted octanol–water partition coefficient (Wildman–Crippen LogP) is 0.209. The van der Waals surface area contributed by atoms with Crippen molar-refractivity contribution >= 4 is 27.3 Å². The number of aliphatic hydroxyl groups excluding tert-OH is 1. The zero-order valence-corrected chi connectivity index (χ0v) is 11.2. The first-order valence-electron chi connectivity index (χ1n) is 5.20. The molecule has 0 unspecified atom stereocenters. The van der Waals surface area contributed by atoms with Gasteiger partial charge < -0.3 is 15.6 Å². The van der Waals surface area contributed by atoms with Gasteiger partial charge in [-0.3, -0.25) is 0 Å². The highest BCUT2D eigenvalue weighted by Crippen LogP contribution is 2.22. The Bertz CT molecular complexity index is 493. The van der Waals surface area contributed by atoms with Crippen molar-refractivity contribution < 1.29 is 18.3 Å². The first kappa shape index (κ1) is 15.2. The van der Waals surface area contributed by atoms with Crippen LogP contribution < -0.4 is 10.5 Å². The van der Waals surface area contributed by atoms with E-state index in [2.05, 4.69) is 4.72 Å². The molecule has 0 bridgehead atoms. The van der Waals surface area contributed by atoms with Gasteiger partial charge in [-0.1, -0.05) is 11.6 Å². The molecule has 6 nitrogen and oxygen atoms in total. The van der Waals surface area contributed by atoms with Crippen LogP contribution in [0, 0.1) is 0 Å². The van der Waals surface area contributed by atoms with Crippen molar-refractivity contribution in [2.45, 2.75) is 4.90 Å². The highest BCUT2D eigenvalue weighted by molar-refractivity contribution is 7.89. The van der Waals surface area contributed by atoms with Gasteiger partial charge in [0.1, 0.15) is 4.90 Å². The number of anilines is 1. The number of sulfonamides is 1. The van der Waals surface area contributed by atoms with Crippen molar-refractivity contribution in [1.82, 2.24) is 4.72 Å². The van der Waals surface area contributed by atoms with Gasteiger partial charge in [-0.05, 0) is 18.2 Å². The Labute approximate surface area is 111 Å². The molecule has 0 fully saturated rings. The molecule has 0 aromatic heterocycles. The maximum absolute atomic E-state index is 11.9. The van der Waals surface area contributed by atoms with Crippen molar-refractivity contribution in [3.05, 3.63) is 23.2 Å². The molecule has 0 amide bonds. The Kier molecular flexibility index (Phi) is 5.83. The minimum absolute atomic E-state index is 0.0582. The molecule has 1 rings (SSSR count). The molecule has 0 radical (unpaired) electrons. The molecule has 0 aliphatic rings. The van der Waals surface area contributed by atoms with Crippen molar-refractivity contribution in [3.63, 3.8) is 0 Å². The van der Waals surface area contributed by atoms with Gasteiger partial charge in [-0.25, -0.2) is 13.1 Å². The molecule has 0 atom stereocenters. The molecule has 0 spiro atoms. The molecular formula is C10H15ClN2O4S. The average molecular weight is 295 g/mol. The second-order valence-electron chi connectivity index (χ2n) is 3.42. The van der Waals surface area contributed by atoms with E-state index in [1.807, 2.05) is 0 Å². The van der Waals surface area contributed by atoms with Crippen LogP contribution in [-0.2, 0) is 14.8 Å². The lowest BCUT2D eigenvalue weighted by atomic mass is 10.3. The van der Waals surface area contributed by atoms with E-state index in [1.54, 1.807) is 0 Å². The molecule has 0 aliphatic heterocycles. The summed E-state index contributed by atoms with van der Waals surface area (Å²) in [6.07, 6.45) is 0. The molecule has 4 N–H and O–H groups in total. The number of ether oxygens (including phenoxy) is 1. The van der Waals surface area contributed by atoms with Crippen LogP contribution in [0.4, 0.5) is 5.69 Å². The zero-order valence-electron chi connectivity index (χ0n) is 9.60. The summed E-state index contributed by atoms with van der Waals surface area (Å²) in [7, 11) is -3.70. The van der Waals surface area contributed by atoms with Gasteiger partial charge >= 0.3 is 0 Å². The third kappa shape index (κ3) is 4.43. The molecular weight excluding hydrogens is 280 g/mol. The fraction of sp³-hybridized carbons (Fsp3) is 0.400. The molecule has 18 heavy (non-hydrogen) atoms. The van der Waals surface area contributed by atoms with Crippen molar-refractivity contribution in [3.8, 4) is 0 Å². The summed E-state index contributed by atoms with van der Waals surface area (Å²) in [5.74, 6) is 0. The Hall–Kier alpha value is -0.860. The molecule has 0 aliphatic carbocycles. The highest BCUT2D eigenvalue weighted by Gasteiger charge is 2.17. The first-order valence-corrected chi connectivity index (χ1v) is 7.07. The quantitative estimate of drug-likeness (QED) is 0.493. The number of benzene rings is 1. The number of nitrogens with two attached hydrogens (primary N) is 1. The summed E-state index contributed by atoms with van der Waals surface area (Å²) in [5.41, 5.74) is 5.71. The van der Waals surface area contributed by atoms with Crippen LogP contribution >= 0.6 is 11.6 Å². The van der Waals surface area contributed by atoms with Crippen LogP contribution in [-0.4, -0.2) is 39.9 Å². The lowest BCUT2D eigenvalue weighted by Crippen LogP contribution is -2.28. The van der Waals surface area contributed by atoms with Crippen LogP contribution in [0.25, 0.3) is 0 Å². The van der Waals surface area contributed by atoms with Gasteiger partial charge in [0, 0.05) is 11.6 Å². The van der Waals surface area contributed by atoms with E-state index < -0.39 is 10.0 Å². The Morgan fingerprint density at radius 1 is 1.39 bits per heavy atom. The number of halogens is 1. The molecule has 0 saturated carbocycles. The van der Waals surface area contributed by atoms with E-state index in [-0.39, 0.29) is 36.9 Å². The van der Waals surface area contributed by atoms with E-state index in [0.717, 1.165) is 0 Å². The number of rotatable bonds is 7. The van der Waals surface area contributed by atoms with E-state index >= 15 is 0 Å². The van der Waals surface area contributed by atoms with Crippen molar-refractivity contribution in [1.29, 1.82) is 0 Å². The van der Waals surface area contributed by atoms with Crippen LogP contribution in [0.3, 0.4) is 0 Å². The molecule has 0 saturated heterocycles. The number of hydrogen-bond donors (Lipinski definition) is 3. The van der Waals surface area contributed by atoms with Crippen LogP contribution in [0.1, 0.15) is 0 Å². The lowest BCUT2D eigenvalue weighted by Gasteiger charge is -2.09. The van der Waals surface area contributed by atoms with E-state index in [9.17, 15) is 8.42 Å². The monoisotopic (exact) mass is 294 g/mol. The van der Waals surface area contributed by atoms with Gasteiger partial charge in [0.2, 0.25) is 10.0 Å². The Morgan fingerprint density at radius 2 is 2.11 bits per heavy atom. The summed E-state index contributed by atoms with van der Waals surface area (Å²) in [4.78, 5) is -0.0582. The lowest BCUT2D eigenvalue weighted by molar-refractivity contribution is 0.0961. The third-order valence-corrected chi connectivity index (χ3v) is 3.79. The highest BCUT2D eigenvalue weighted by atomic mass is 35.5. The third-order valence-electron chi connectivity index (χ3n) is 2.04. The van der Waals surface area contributed by atoms with E-state index in [1.165, 1.54) is 18.2 Å². The largest absolute Gasteiger partial charge is 0.398 e. The van der Waals surface area contributed by atoms with Gasteiger partial charge in [0.25, 0.3) is 0 Å². The summed E-state index contributed by atoms with van der Waals surface area (Å²) >= 11 is 5.73. The average Bonchev–Trinajstić information content (AvgIpc) is 2.32. The Balaban J connectivity index is 2.66. The van der Waals surface area contributed by atoms with E-state index in [4.69, 9.17) is 27.2 Å². The number of aliphatic hydroxyl groups is 1. The second kappa shape index (κ2) is 6.91. The molecule has 1 aromatic carbocycles. The minimum atomic E-state index is -3.70. The summed E-state index contributed by atoms with van der Waals surface area (Å²) in [6, 6.07) is 4.23. The molecule has 8 heteroatoms. The second-order valence-corrected chi connectivity index (χ2v) is 5.59. The topological polar surface area (TPSA) is 102 Å². The number of nitrogens with one attached hydrogen (secondary N) is 1. The molecule has 102 valence electrons. The van der Waals surface area contributed by atoms with Crippen LogP contribution in [0.5, 0.6) is 0 Å². The fourth-order valence-electron chi connectivity index (χ4n) is 1.23. The standard InChI is InChI=1S/C10H15ClN2O4S/c11-8-1-2-9(12)10(7-8)18(15,16)13-3-5-17-6-4-14/h1-2,7,13-14H,3-6,12H2. The van der Waals surface area contributed by atoms with Gasteiger partial charge in [0.05, 0.1) is 25.5 Å². The normalized spacial score (nSPS) is 11.7. The maximum Gasteiger partial charge on any atom is 0.242 e. The Morgan fingerprint density at radius 3 is 2.78 bits per heavy atom. The van der Waals surface area contributed by atoms with Crippen molar-refractivity contribution in [2.75, 3.05) is 32.1 Å². The fourth-order valence-corrected chi connectivity index (χ4v) is 2.64. The van der Waals surface area contributed by atoms with Gasteiger partial charge in [-0.2, -0.15) is 0 Å². The van der Waals surface area contributed by atoms with E-state index in [0.29, 0.717) is 5.02 Å². The van der Waals surface area contributed by atoms with Crippen molar-refractivity contribution in [2.24, 2.45) is 0 Å². The minimum Gasteiger partial charge on any atom is -0.398 e. The van der Waals surface area contributed by atoms with Crippen LogP contribution in [0.2, 0.25) is 5.02 Å². The smallest absolute Gasteiger partial charge is 0.242 e. The van der Waals surface area contributed by atoms with Gasteiger partial charge in [-0.15, -0.1) is 0 Å². The summed E-state index contributed by atoms with van der Waals surface area (Å²) in [5, 5.41) is 8.77. The van der Waals surface area contributed by atoms with Crippen LogP contribution in [0.15, 0.2) is 23.1 Å². The first-order chi connectivity index (χ1) is 8.47. The SMILES string of the molecule is Nc1ccc(Cl)cc1S(=O)(=O)NCCOCCO. The maximum atomic E-state index is 11.9. The predicted molar refractivity (Wildman–Crippen MR) is 69.0 cm³/mol.